The van der Waals surface area contributed by atoms with E-state index in [1.165, 1.54) is 0 Å². The van der Waals surface area contributed by atoms with Crippen LogP contribution in [0.3, 0.4) is 0 Å². The van der Waals surface area contributed by atoms with Gasteiger partial charge in [-0.25, -0.2) is 0 Å². The van der Waals surface area contributed by atoms with Crippen LogP contribution in [0.15, 0.2) is 11.8 Å². The van der Waals surface area contributed by atoms with Gasteiger partial charge < -0.3 is 10.8 Å². The molecule has 3 fully saturated rings. The maximum atomic E-state index is 13.6. The zero-order valence-electron chi connectivity index (χ0n) is 17.1. The third-order valence-corrected chi connectivity index (χ3v) is 8.65. The highest BCUT2D eigenvalue weighted by Gasteiger charge is 2.64. The summed E-state index contributed by atoms with van der Waals surface area (Å²) in [5.41, 5.74) is 9.09. The van der Waals surface area contributed by atoms with Gasteiger partial charge in [-0.2, -0.15) is 0 Å². The van der Waals surface area contributed by atoms with E-state index in [4.69, 9.17) is 10.6 Å². The Morgan fingerprint density at radius 2 is 2.00 bits per heavy atom. The van der Waals surface area contributed by atoms with Gasteiger partial charge in [-0.1, -0.05) is 19.9 Å². The first kappa shape index (κ1) is 20.0. The van der Waals surface area contributed by atoms with Gasteiger partial charge in [0.05, 0.1) is 13.2 Å². The molecule has 7 atom stereocenters. The lowest BCUT2D eigenvalue weighted by Crippen LogP contribution is -2.60. The smallest absolute Gasteiger partial charge is 0.142 e. The number of carbonyl (C=O) groups excluding carboxylic acids is 2. The number of hydroxylamine groups is 1. The monoisotopic (exact) mass is 390 g/mol. The first-order valence-electron chi connectivity index (χ1n) is 10.8. The first-order chi connectivity index (χ1) is 13.4. The van der Waals surface area contributed by atoms with Crippen molar-refractivity contribution in [2.75, 3.05) is 19.8 Å². The normalized spacial score (nSPS) is 45.1. The molecule has 0 amide bonds. The summed E-state index contributed by atoms with van der Waals surface area (Å²) in [5.74, 6) is 0.486. The van der Waals surface area contributed by atoms with E-state index in [1.807, 2.05) is 0 Å². The number of ketones is 2. The van der Waals surface area contributed by atoms with Crippen LogP contribution >= 0.6 is 0 Å². The zero-order chi connectivity index (χ0) is 20.1. The maximum absolute atomic E-state index is 13.6. The maximum Gasteiger partial charge on any atom is 0.142 e. The molecule has 156 valence electrons. The van der Waals surface area contributed by atoms with Crippen molar-refractivity contribution in [3.8, 4) is 0 Å². The van der Waals surface area contributed by atoms with Gasteiger partial charge in [-0.3, -0.25) is 19.9 Å². The van der Waals surface area contributed by atoms with Crippen LogP contribution in [-0.4, -0.2) is 36.4 Å². The highest BCUT2D eigenvalue weighted by atomic mass is 16.6. The quantitative estimate of drug-likeness (QED) is 0.490. The van der Waals surface area contributed by atoms with E-state index in [0.29, 0.717) is 31.3 Å². The van der Waals surface area contributed by atoms with Crippen LogP contribution in [0.4, 0.5) is 0 Å². The van der Waals surface area contributed by atoms with Gasteiger partial charge in [0.1, 0.15) is 11.6 Å². The molecule has 0 aliphatic heterocycles. The Kier molecular flexibility index (Phi) is 5.17. The van der Waals surface area contributed by atoms with Gasteiger partial charge in [0.25, 0.3) is 0 Å². The molecule has 3 saturated carbocycles. The van der Waals surface area contributed by atoms with Gasteiger partial charge in [0, 0.05) is 35.9 Å². The summed E-state index contributed by atoms with van der Waals surface area (Å²) in [4.78, 5) is 31.6. The van der Waals surface area contributed by atoms with Gasteiger partial charge in [-0.15, -0.1) is 0 Å². The second-order valence-corrected chi connectivity index (χ2v) is 9.81. The summed E-state index contributed by atoms with van der Waals surface area (Å²) in [6.07, 6.45) is 7.22. The SMILES string of the molecule is C[C@]12CCC(NOCCN)=CC1C(CO)C(=O)[C@@H]1[C@H]2CC[C@]2(C)C(=O)CC[C@@H]12. The Morgan fingerprint density at radius 1 is 1.21 bits per heavy atom. The molecular weight excluding hydrogens is 356 g/mol. The Labute approximate surface area is 167 Å². The van der Waals surface area contributed by atoms with Crippen LogP contribution in [0.2, 0.25) is 0 Å². The minimum absolute atomic E-state index is 0.00503. The van der Waals surface area contributed by atoms with Gasteiger partial charge >= 0.3 is 0 Å². The lowest BCUT2D eigenvalue weighted by molar-refractivity contribution is -0.162. The molecule has 4 aliphatic carbocycles. The number of nitrogens with one attached hydrogen (secondary N) is 1. The van der Waals surface area contributed by atoms with Crippen molar-refractivity contribution in [1.82, 2.24) is 5.48 Å². The van der Waals surface area contributed by atoms with Crippen molar-refractivity contribution in [2.24, 2.45) is 46.2 Å². The molecule has 4 rings (SSSR count). The number of Topliss-reactive ketones (excluding diaryl/α,β-unsaturated/α-hetero) is 2. The van der Waals surface area contributed by atoms with Crippen molar-refractivity contribution in [3.05, 3.63) is 11.8 Å². The molecular formula is C22H34N2O4. The van der Waals surface area contributed by atoms with Crippen LogP contribution in [0.5, 0.6) is 0 Å². The number of nitrogens with two attached hydrogens (primary N) is 1. The Bertz CT molecular complexity index is 692. The number of hydrogen-bond donors (Lipinski definition) is 3. The fourth-order valence-electron chi connectivity index (χ4n) is 7.03. The van der Waals surface area contributed by atoms with Gasteiger partial charge in [-0.05, 0) is 55.3 Å². The van der Waals surface area contributed by atoms with Crippen LogP contribution in [0.1, 0.15) is 52.4 Å². The number of carbonyl (C=O) groups is 2. The number of allylic oxidation sites excluding steroid dienone is 2. The molecule has 28 heavy (non-hydrogen) atoms. The molecule has 4 N–H and O–H groups in total. The van der Waals surface area contributed by atoms with Crippen LogP contribution in [0, 0.1) is 40.4 Å². The van der Waals surface area contributed by atoms with Gasteiger partial charge in [0.2, 0.25) is 0 Å². The second kappa shape index (κ2) is 7.22. The molecule has 0 radical (unpaired) electrons. The van der Waals surface area contributed by atoms with E-state index in [9.17, 15) is 14.7 Å². The third kappa shape index (κ3) is 2.79. The highest BCUT2D eigenvalue weighted by molar-refractivity contribution is 5.91. The largest absolute Gasteiger partial charge is 0.396 e. The summed E-state index contributed by atoms with van der Waals surface area (Å²) < 4.78 is 0. The van der Waals surface area contributed by atoms with Crippen molar-refractivity contribution in [3.63, 3.8) is 0 Å². The molecule has 2 unspecified atom stereocenters. The molecule has 0 bridgehead atoms. The van der Waals surface area contributed by atoms with Crippen molar-refractivity contribution in [1.29, 1.82) is 0 Å². The second-order valence-electron chi connectivity index (χ2n) is 9.81. The molecule has 0 aromatic heterocycles. The van der Waals surface area contributed by atoms with Crippen molar-refractivity contribution >= 4 is 11.6 Å². The minimum atomic E-state index is -0.393. The van der Waals surface area contributed by atoms with E-state index in [0.717, 1.165) is 37.8 Å². The highest BCUT2D eigenvalue weighted by Crippen LogP contribution is 2.65. The molecule has 4 aliphatic rings. The lowest BCUT2D eigenvalue weighted by Gasteiger charge is -2.59. The van der Waals surface area contributed by atoms with Crippen LogP contribution in [-0.2, 0) is 14.4 Å². The topological polar surface area (TPSA) is 102 Å². The molecule has 0 saturated heterocycles. The van der Waals surface area contributed by atoms with E-state index in [2.05, 4.69) is 25.4 Å². The van der Waals surface area contributed by atoms with Crippen molar-refractivity contribution < 1.29 is 19.5 Å². The average molecular weight is 391 g/mol. The average Bonchev–Trinajstić information content (AvgIpc) is 2.98. The third-order valence-electron chi connectivity index (χ3n) is 8.65. The summed E-state index contributed by atoms with van der Waals surface area (Å²) in [5, 5.41) is 10.2. The Morgan fingerprint density at radius 3 is 2.71 bits per heavy atom. The molecule has 0 aromatic carbocycles. The first-order valence-corrected chi connectivity index (χ1v) is 10.8. The lowest BCUT2D eigenvalue weighted by atomic mass is 9.43. The summed E-state index contributed by atoms with van der Waals surface area (Å²) in [6.45, 7) is 5.13. The van der Waals surface area contributed by atoms with Crippen molar-refractivity contribution in [2.45, 2.75) is 52.4 Å². The standard InChI is InChI=1S/C22H34N2O4/c1-21-7-5-13(24-28-10-9-23)11-17(21)14(12-25)20(27)19-15-3-4-18(26)22(15,2)8-6-16(19)21/h11,14-17,19,24-25H,3-10,12,23H2,1-2H3/t14?,15-,16+,17?,19-,21+,22-/m0/s1. The molecule has 6 heteroatoms. The van der Waals surface area contributed by atoms with E-state index in [1.54, 1.807) is 0 Å². The molecule has 0 heterocycles. The predicted molar refractivity (Wildman–Crippen MR) is 105 cm³/mol. The van der Waals surface area contributed by atoms with E-state index < -0.39 is 5.92 Å². The molecule has 6 nitrogen and oxygen atoms in total. The fourth-order valence-corrected chi connectivity index (χ4v) is 7.03. The van der Waals surface area contributed by atoms with E-state index in [-0.39, 0.29) is 41.0 Å². The number of fused-ring (bicyclic) bond motifs is 5. The fraction of sp³-hybridized carbons (Fsp3) is 0.818. The summed E-state index contributed by atoms with van der Waals surface area (Å²) in [6, 6.07) is 0. The zero-order valence-corrected chi connectivity index (χ0v) is 17.1. The summed E-state index contributed by atoms with van der Waals surface area (Å²) >= 11 is 0. The van der Waals surface area contributed by atoms with Crippen LogP contribution < -0.4 is 11.2 Å². The number of aliphatic hydroxyl groups is 1. The number of aliphatic hydroxyl groups excluding tert-OH is 1. The number of hydrogen-bond acceptors (Lipinski definition) is 6. The number of rotatable bonds is 5. The minimum Gasteiger partial charge on any atom is -0.396 e. The molecule has 0 aromatic rings. The van der Waals surface area contributed by atoms with Gasteiger partial charge in [0.15, 0.2) is 0 Å². The predicted octanol–water partition coefficient (Wildman–Crippen LogP) is 1.97. The summed E-state index contributed by atoms with van der Waals surface area (Å²) in [7, 11) is 0. The Balaban J connectivity index is 1.66. The van der Waals surface area contributed by atoms with E-state index >= 15 is 0 Å². The molecule has 0 spiro atoms. The Hall–Kier alpha value is -1.24. The van der Waals surface area contributed by atoms with Crippen LogP contribution in [0.25, 0.3) is 0 Å².